The Bertz CT molecular complexity index is 710. The van der Waals surface area contributed by atoms with Gasteiger partial charge in [-0.2, -0.15) is 0 Å². The molecule has 2 atom stereocenters. The quantitative estimate of drug-likeness (QED) is 0.807. The lowest BCUT2D eigenvalue weighted by atomic mass is 10.1. The molecule has 1 saturated heterocycles. The number of ether oxygens (including phenoxy) is 1. The number of amides is 1. The number of hydrogen-bond donors (Lipinski definition) is 2. The Morgan fingerprint density at radius 2 is 2.28 bits per heavy atom. The molecule has 0 radical (unpaired) electrons. The third-order valence-electron chi connectivity index (χ3n) is 4.27. The van der Waals surface area contributed by atoms with Crippen LogP contribution in [0.15, 0.2) is 42.9 Å². The van der Waals surface area contributed by atoms with Crippen molar-refractivity contribution in [3.8, 4) is 5.75 Å². The molecule has 0 bridgehead atoms. The van der Waals surface area contributed by atoms with E-state index < -0.39 is 0 Å². The van der Waals surface area contributed by atoms with Gasteiger partial charge in [-0.15, -0.1) is 0 Å². The van der Waals surface area contributed by atoms with E-state index in [-0.39, 0.29) is 31.1 Å². The van der Waals surface area contributed by atoms with E-state index in [1.54, 1.807) is 6.20 Å². The molecule has 0 spiro atoms. The molecule has 1 amide bonds. The zero-order chi connectivity index (χ0) is 17.6. The minimum Gasteiger partial charge on any atom is -0.484 e. The lowest BCUT2D eigenvalue weighted by molar-refractivity contribution is -0.124. The highest BCUT2D eigenvalue weighted by Crippen LogP contribution is 2.21. The number of carbonyl (C=O) groups is 1. The van der Waals surface area contributed by atoms with Gasteiger partial charge in [0.25, 0.3) is 5.91 Å². The van der Waals surface area contributed by atoms with E-state index in [4.69, 9.17) is 4.74 Å². The summed E-state index contributed by atoms with van der Waals surface area (Å²) in [6.07, 6.45) is 3.17. The first-order chi connectivity index (χ1) is 12.2. The highest BCUT2D eigenvalue weighted by Gasteiger charge is 2.34. The number of hydrogen-bond acceptors (Lipinski definition) is 6. The zero-order valence-electron chi connectivity index (χ0n) is 14.1. The van der Waals surface area contributed by atoms with Crippen molar-refractivity contribution in [1.29, 1.82) is 0 Å². The molecule has 3 rings (SSSR count). The minimum absolute atomic E-state index is 0.00523. The average Bonchev–Trinajstić information content (AvgIpc) is 3.04. The van der Waals surface area contributed by atoms with Gasteiger partial charge < -0.3 is 20.1 Å². The summed E-state index contributed by atoms with van der Waals surface area (Å²) < 4.78 is 5.53. The smallest absolute Gasteiger partial charge is 0.258 e. The van der Waals surface area contributed by atoms with Crippen molar-refractivity contribution in [3.05, 3.63) is 48.4 Å². The second kappa shape index (κ2) is 7.94. The number of nitrogens with one attached hydrogen (secondary N) is 1. The second-order valence-corrected chi connectivity index (χ2v) is 6.19. The first-order valence-corrected chi connectivity index (χ1v) is 8.26. The monoisotopic (exact) mass is 342 g/mol. The number of rotatable bonds is 6. The normalized spacial score (nSPS) is 19.7. The van der Waals surface area contributed by atoms with Crippen molar-refractivity contribution < 1.29 is 14.6 Å². The molecule has 1 aliphatic rings. The molecule has 2 heterocycles. The highest BCUT2D eigenvalue weighted by atomic mass is 16.5. The minimum atomic E-state index is -0.200. The van der Waals surface area contributed by atoms with Crippen molar-refractivity contribution >= 4 is 11.7 Å². The summed E-state index contributed by atoms with van der Waals surface area (Å²) in [7, 11) is 0. The second-order valence-electron chi connectivity index (χ2n) is 6.19. The number of aliphatic hydroxyl groups excluding tert-OH is 1. The predicted molar refractivity (Wildman–Crippen MR) is 93.4 cm³/mol. The number of aliphatic hydroxyl groups is 1. The third kappa shape index (κ3) is 4.45. The maximum absolute atomic E-state index is 12.2. The fraction of sp³-hybridized carbons (Fsp3) is 0.389. The molecule has 1 fully saturated rings. The van der Waals surface area contributed by atoms with E-state index >= 15 is 0 Å². The summed E-state index contributed by atoms with van der Waals surface area (Å²) >= 11 is 0. The van der Waals surface area contributed by atoms with Gasteiger partial charge in [-0.05, 0) is 30.7 Å². The Labute approximate surface area is 146 Å². The van der Waals surface area contributed by atoms with Gasteiger partial charge in [-0.25, -0.2) is 9.97 Å². The highest BCUT2D eigenvalue weighted by molar-refractivity contribution is 5.78. The van der Waals surface area contributed by atoms with Crippen LogP contribution in [0.3, 0.4) is 0 Å². The van der Waals surface area contributed by atoms with Crippen LogP contribution in [0.4, 0.5) is 5.82 Å². The Morgan fingerprint density at radius 1 is 1.40 bits per heavy atom. The summed E-state index contributed by atoms with van der Waals surface area (Å²) in [5.41, 5.74) is 1.08. The molecule has 132 valence electrons. The molecule has 2 N–H and O–H groups in total. The Hall–Kier alpha value is -2.67. The van der Waals surface area contributed by atoms with Crippen molar-refractivity contribution in [2.24, 2.45) is 5.92 Å². The number of aromatic nitrogens is 2. The van der Waals surface area contributed by atoms with Gasteiger partial charge in [0, 0.05) is 31.8 Å². The summed E-state index contributed by atoms with van der Waals surface area (Å²) in [6, 6.07) is 9.24. The standard InChI is InChI=1S/C18H22N4O3/c1-13-3-2-4-15(7-13)25-11-18(24)21-16-9-22(8-14(16)10-23)17-5-6-19-12-20-17/h2-7,12,14,16,23H,8-11H2,1H3,(H,21,24)/t14-,16+/m0/s1. The van der Waals surface area contributed by atoms with Crippen molar-refractivity contribution in [1.82, 2.24) is 15.3 Å². The maximum Gasteiger partial charge on any atom is 0.258 e. The summed E-state index contributed by atoms with van der Waals surface area (Å²) in [4.78, 5) is 22.4. The lowest BCUT2D eigenvalue weighted by Crippen LogP contribution is -2.43. The van der Waals surface area contributed by atoms with Gasteiger partial charge in [-0.3, -0.25) is 4.79 Å². The van der Waals surface area contributed by atoms with Gasteiger partial charge in [0.05, 0.1) is 6.04 Å². The van der Waals surface area contributed by atoms with Crippen molar-refractivity contribution in [2.45, 2.75) is 13.0 Å². The number of carbonyl (C=O) groups excluding carboxylic acids is 1. The van der Waals surface area contributed by atoms with Gasteiger partial charge in [0.15, 0.2) is 6.61 Å². The molecule has 7 heteroatoms. The molecule has 0 saturated carbocycles. The van der Waals surface area contributed by atoms with E-state index in [9.17, 15) is 9.90 Å². The first kappa shape index (κ1) is 17.2. The Kier molecular flexibility index (Phi) is 5.45. The van der Waals surface area contributed by atoms with Gasteiger partial charge in [0.1, 0.15) is 17.9 Å². The van der Waals surface area contributed by atoms with E-state index in [2.05, 4.69) is 15.3 Å². The molecule has 2 aromatic rings. The van der Waals surface area contributed by atoms with E-state index in [1.807, 2.05) is 42.2 Å². The topological polar surface area (TPSA) is 87.6 Å². The van der Waals surface area contributed by atoms with Crippen LogP contribution >= 0.6 is 0 Å². The molecule has 7 nitrogen and oxygen atoms in total. The summed E-state index contributed by atoms with van der Waals surface area (Å²) in [5.74, 6) is 1.22. The zero-order valence-corrected chi connectivity index (χ0v) is 14.1. The molecule has 0 unspecified atom stereocenters. The molecule has 1 aliphatic heterocycles. The van der Waals surface area contributed by atoms with Crippen molar-refractivity contribution in [2.75, 3.05) is 31.2 Å². The number of aryl methyl sites for hydroxylation is 1. The largest absolute Gasteiger partial charge is 0.484 e. The summed E-state index contributed by atoms with van der Waals surface area (Å²) in [6.45, 7) is 3.16. The fourth-order valence-corrected chi connectivity index (χ4v) is 2.98. The van der Waals surface area contributed by atoms with Crippen LogP contribution in [0.25, 0.3) is 0 Å². The average molecular weight is 342 g/mol. The van der Waals surface area contributed by atoms with Crippen LogP contribution in [0.1, 0.15) is 5.56 Å². The first-order valence-electron chi connectivity index (χ1n) is 8.26. The van der Waals surface area contributed by atoms with Gasteiger partial charge in [-0.1, -0.05) is 12.1 Å². The SMILES string of the molecule is Cc1cccc(OCC(=O)N[C@@H]2CN(c3ccncn3)C[C@H]2CO)c1. The van der Waals surface area contributed by atoms with Gasteiger partial charge in [0.2, 0.25) is 0 Å². The molecular weight excluding hydrogens is 320 g/mol. The van der Waals surface area contributed by atoms with Crippen LogP contribution in [0, 0.1) is 12.8 Å². The molecule has 1 aromatic carbocycles. The van der Waals surface area contributed by atoms with Crippen LogP contribution in [-0.2, 0) is 4.79 Å². The predicted octanol–water partition coefficient (Wildman–Crippen LogP) is 0.777. The van der Waals surface area contributed by atoms with Crippen LogP contribution in [-0.4, -0.2) is 53.3 Å². The molecule has 25 heavy (non-hydrogen) atoms. The van der Waals surface area contributed by atoms with Crippen LogP contribution in [0.5, 0.6) is 5.75 Å². The number of nitrogens with zero attached hydrogens (tertiary/aromatic N) is 3. The maximum atomic E-state index is 12.2. The lowest BCUT2D eigenvalue weighted by Gasteiger charge is -2.18. The van der Waals surface area contributed by atoms with E-state index in [0.717, 1.165) is 11.4 Å². The molecule has 0 aliphatic carbocycles. The number of anilines is 1. The molecular formula is C18H22N4O3. The fourth-order valence-electron chi connectivity index (χ4n) is 2.98. The summed E-state index contributed by atoms with van der Waals surface area (Å²) in [5, 5.41) is 12.6. The van der Waals surface area contributed by atoms with E-state index in [1.165, 1.54) is 6.33 Å². The Balaban J connectivity index is 1.55. The van der Waals surface area contributed by atoms with Gasteiger partial charge >= 0.3 is 0 Å². The van der Waals surface area contributed by atoms with Crippen molar-refractivity contribution in [3.63, 3.8) is 0 Å². The van der Waals surface area contributed by atoms with E-state index in [0.29, 0.717) is 18.8 Å². The molecule has 1 aromatic heterocycles. The van der Waals surface area contributed by atoms with Crippen LogP contribution in [0.2, 0.25) is 0 Å². The third-order valence-corrected chi connectivity index (χ3v) is 4.27. The van der Waals surface area contributed by atoms with Crippen LogP contribution < -0.4 is 15.0 Å². The number of benzene rings is 1. The Morgan fingerprint density at radius 3 is 3.00 bits per heavy atom.